The Morgan fingerprint density at radius 3 is 2.32 bits per heavy atom. The number of pyridine rings is 2. The summed E-state index contributed by atoms with van der Waals surface area (Å²) in [6.07, 6.45) is -3.57. The Labute approximate surface area is 263 Å². The zero-order valence-corrected chi connectivity index (χ0v) is 25.1. The van der Waals surface area contributed by atoms with Crippen molar-refractivity contribution in [1.82, 2.24) is 14.9 Å². The fourth-order valence-corrected chi connectivity index (χ4v) is 5.38. The number of ether oxygens (including phenoxy) is 1. The molecule has 9 nitrogen and oxygen atoms in total. The van der Waals surface area contributed by atoms with Gasteiger partial charge in [0.2, 0.25) is 0 Å². The fourth-order valence-electron chi connectivity index (χ4n) is 5.38. The van der Waals surface area contributed by atoms with E-state index in [1.165, 1.54) is 17.9 Å². The first-order chi connectivity index (χ1) is 22.2. The molecule has 0 spiro atoms. The molecular weight excluding hydrogens is 627 g/mol. The van der Waals surface area contributed by atoms with E-state index in [-0.39, 0.29) is 17.5 Å². The number of hydrogen-bond donors (Lipinski definition) is 3. The number of benzene rings is 3. The highest BCUT2D eigenvalue weighted by atomic mass is 19.4. The average Bonchev–Trinajstić information content (AvgIpc) is 3.01. The van der Waals surface area contributed by atoms with Gasteiger partial charge in [0, 0.05) is 41.7 Å². The molecule has 0 radical (unpaired) electrons. The molecule has 0 saturated heterocycles. The number of nitrogens with zero attached hydrogens (tertiary/aromatic N) is 2. The van der Waals surface area contributed by atoms with Crippen LogP contribution in [0.25, 0.3) is 32.9 Å². The number of carbonyl (C=O) groups is 2. The van der Waals surface area contributed by atoms with Gasteiger partial charge in [-0.1, -0.05) is 30.3 Å². The number of aryl methyl sites for hydroxylation is 1. The summed E-state index contributed by atoms with van der Waals surface area (Å²) in [5.74, 6) is -5.62. The van der Waals surface area contributed by atoms with Crippen molar-refractivity contribution in [3.8, 4) is 16.9 Å². The Bertz CT molecular complexity index is 2070. The molecule has 5 aromatic rings. The van der Waals surface area contributed by atoms with E-state index in [1.54, 1.807) is 55.6 Å². The number of carboxylic acid groups (broad SMARTS) is 1. The second-order valence-electron chi connectivity index (χ2n) is 10.8. The SMILES string of the molecule is COc1c(-c2ccc(C[C@H](NC(=O)c3c(F)cc(N[C@H](C)C(F)(F)F)cc3F)C(=O)O)c3cccnc23)c(=O)n(C)c2ccccc12. The smallest absolute Gasteiger partial charge is 0.408 e. The number of anilines is 1. The van der Waals surface area contributed by atoms with Gasteiger partial charge in [0.05, 0.1) is 23.7 Å². The highest BCUT2D eigenvalue weighted by Crippen LogP contribution is 2.37. The summed E-state index contributed by atoms with van der Waals surface area (Å²) in [6, 6.07) is 10.7. The van der Waals surface area contributed by atoms with Crippen molar-refractivity contribution in [2.24, 2.45) is 7.05 Å². The van der Waals surface area contributed by atoms with Crippen molar-refractivity contribution < 1.29 is 41.4 Å². The van der Waals surface area contributed by atoms with Crippen molar-refractivity contribution >= 4 is 39.4 Å². The summed E-state index contributed by atoms with van der Waals surface area (Å²) in [5, 5.41) is 15.1. The third-order valence-corrected chi connectivity index (χ3v) is 7.76. The maximum Gasteiger partial charge on any atom is 0.408 e. The summed E-state index contributed by atoms with van der Waals surface area (Å²) in [7, 11) is 3.06. The molecule has 3 aromatic carbocycles. The van der Waals surface area contributed by atoms with E-state index in [4.69, 9.17) is 4.74 Å². The van der Waals surface area contributed by atoms with Crippen LogP contribution in [0.5, 0.6) is 5.75 Å². The van der Waals surface area contributed by atoms with Gasteiger partial charge in [0.15, 0.2) is 0 Å². The van der Waals surface area contributed by atoms with Crippen LogP contribution in [0.4, 0.5) is 27.6 Å². The lowest BCUT2D eigenvalue weighted by Crippen LogP contribution is -2.43. The van der Waals surface area contributed by atoms with Gasteiger partial charge in [-0.2, -0.15) is 13.2 Å². The Morgan fingerprint density at radius 2 is 1.68 bits per heavy atom. The highest BCUT2D eigenvalue weighted by molar-refractivity contribution is 6.02. The van der Waals surface area contributed by atoms with Crippen LogP contribution in [-0.2, 0) is 18.3 Å². The minimum Gasteiger partial charge on any atom is -0.495 e. The number of aliphatic carboxylic acids is 1. The van der Waals surface area contributed by atoms with Crippen LogP contribution in [0, 0.1) is 11.6 Å². The van der Waals surface area contributed by atoms with Gasteiger partial charge in [-0.25, -0.2) is 13.6 Å². The summed E-state index contributed by atoms with van der Waals surface area (Å²) in [5.41, 5.74) is -0.115. The topological polar surface area (TPSA) is 123 Å². The molecule has 5 rings (SSSR count). The molecule has 0 unspecified atom stereocenters. The number of rotatable bonds is 9. The Kier molecular flexibility index (Phi) is 8.87. The van der Waals surface area contributed by atoms with Crippen LogP contribution in [0.1, 0.15) is 22.8 Å². The van der Waals surface area contributed by atoms with Crippen LogP contribution >= 0.6 is 0 Å². The number of methoxy groups -OCH3 is 1. The summed E-state index contributed by atoms with van der Waals surface area (Å²) in [4.78, 5) is 43.2. The van der Waals surface area contributed by atoms with E-state index < -0.39 is 53.0 Å². The molecule has 47 heavy (non-hydrogen) atoms. The van der Waals surface area contributed by atoms with E-state index >= 15 is 0 Å². The van der Waals surface area contributed by atoms with Gasteiger partial charge in [-0.05, 0) is 42.8 Å². The first-order valence-corrected chi connectivity index (χ1v) is 14.1. The minimum absolute atomic E-state index is 0.223. The zero-order valence-electron chi connectivity index (χ0n) is 25.1. The van der Waals surface area contributed by atoms with E-state index in [2.05, 4.69) is 10.3 Å². The Hall–Kier alpha value is -5.53. The van der Waals surface area contributed by atoms with E-state index in [0.29, 0.717) is 50.8 Å². The van der Waals surface area contributed by atoms with Gasteiger partial charge in [-0.3, -0.25) is 14.6 Å². The van der Waals surface area contributed by atoms with Gasteiger partial charge in [-0.15, -0.1) is 0 Å². The lowest BCUT2D eigenvalue weighted by Gasteiger charge is -2.20. The van der Waals surface area contributed by atoms with Crippen LogP contribution in [-0.4, -0.2) is 51.9 Å². The predicted octanol–water partition coefficient (Wildman–Crippen LogP) is 5.83. The standard InChI is InChI=1S/C33H27F5N4O5/c1-16(33(36,37)38)40-18-14-22(34)27(23(35)15-18)30(43)41-24(32(45)46)13-17-10-11-21(28-19(17)8-6-12-39-28)26-29(47-3)20-7-4-5-9-25(20)42(2)31(26)44/h4-12,14-16,24,40H,13H2,1-3H3,(H,41,43)(H,45,46)/t16-,24+/m1/s1. The second-order valence-corrected chi connectivity index (χ2v) is 10.8. The van der Waals surface area contributed by atoms with Crippen molar-refractivity contribution in [3.63, 3.8) is 0 Å². The molecule has 0 aliphatic heterocycles. The van der Waals surface area contributed by atoms with Crippen molar-refractivity contribution in [1.29, 1.82) is 0 Å². The summed E-state index contributed by atoms with van der Waals surface area (Å²) < 4.78 is 75.4. The zero-order chi connectivity index (χ0) is 34.2. The van der Waals surface area contributed by atoms with E-state index in [1.807, 2.05) is 5.32 Å². The lowest BCUT2D eigenvalue weighted by atomic mass is 9.94. The number of alkyl halides is 3. The number of aromatic nitrogens is 2. The summed E-state index contributed by atoms with van der Waals surface area (Å²) in [6.45, 7) is 0.748. The predicted molar refractivity (Wildman–Crippen MR) is 165 cm³/mol. The molecule has 3 N–H and O–H groups in total. The molecule has 14 heteroatoms. The number of fused-ring (bicyclic) bond motifs is 2. The number of halogens is 5. The lowest BCUT2D eigenvalue weighted by molar-refractivity contribution is -0.139. The van der Waals surface area contributed by atoms with Crippen LogP contribution in [0.2, 0.25) is 0 Å². The third kappa shape index (κ3) is 6.30. The van der Waals surface area contributed by atoms with Crippen LogP contribution < -0.4 is 20.9 Å². The maximum atomic E-state index is 14.8. The van der Waals surface area contributed by atoms with Crippen molar-refractivity contribution in [3.05, 3.63) is 100.0 Å². The van der Waals surface area contributed by atoms with Gasteiger partial charge in [0.1, 0.15) is 35.0 Å². The van der Waals surface area contributed by atoms with Crippen molar-refractivity contribution in [2.75, 3.05) is 12.4 Å². The fraction of sp³-hybridized carbons (Fsp3) is 0.212. The molecule has 0 fully saturated rings. The van der Waals surface area contributed by atoms with E-state index in [0.717, 1.165) is 6.92 Å². The quantitative estimate of drug-likeness (QED) is 0.171. The number of carboxylic acids is 1. The number of amides is 1. The number of para-hydroxylation sites is 1. The third-order valence-electron chi connectivity index (χ3n) is 7.76. The largest absolute Gasteiger partial charge is 0.495 e. The normalized spacial score (nSPS) is 12.9. The first-order valence-electron chi connectivity index (χ1n) is 14.1. The van der Waals surface area contributed by atoms with Crippen LogP contribution in [0.3, 0.4) is 0 Å². The summed E-state index contributed by atoms with van der Waals surface area (Å²) >= 11 is 0. The molecule has 0 bridgehead atoms. The number of carbonyl (C=O) groups excluding carboxylic acids is 1. The molecule has 0 aliphatic carbocycles. The Morgan fingerprint density at radius 1 is 1.02 bits per heavy atom. The van der Waals surface area contributed by atoms with Gasteiger partial charge >= 0.3 is 12.1 Å². The molecule has 2 atom stereocenters. The molecule has 2 heterocycles. The second kappa shape index (κ2) is 12.7. The van der Waals surface area contributed by atoms with Crippen LogP contribution in [0.15, 0.2) is 71.7 Å². The number of hydrogen-bond acceptors (Lipinski definition) is 6. The Balaban J connectivity index is 1.50. The molecule has 0 aliphatic rings. The monoisotopic (exact) mass is 654 g/mol. The first kappa shape index (κ1) is 32.9. The number of nitrogens with one attached hydrogen (secondary N) is 2. The molecule has 0 saturated carbocycles. The molecule has 244 valence electrons. The molecule has 2 aromatic heterocycles. The van der Waals surface area contributed by atoms with Gasteiger partial charge < -0.3 is 25.0 Å². The highest BCUT2D eigenvalue weighted by Gasteiger charge is 2.36. The maximum absolute atomic E-state index is 14.8. The molecular formula is C33H27F5N4O5. The van der Waals surface area contributed by atoms with Crippen molar-refractivity contribution in [2.45, 2.75) is 31.6 Å². The van der Waals surface area contributed by atoms with E-state index in [9.17, 15) is 41.4 Å². The minimum atomic E-state index is -4.70. The average molecular weight is 655 g/mol. The molecule has 1 amide bonds. The van der Waals surface area contributed by atoms with Gasteiger partial charge in [0.25, 0.3) is 11.5 Å².